The highest BCUT2D eigenvalue weighted by Gasteiger charge is 2.52. The summed E-state index contributed by atoms with van der Waals surface area (Å²) in [6, 6.07) is 0.731. The van der Waals surface area contributed by atoms with Crippen LogP contribution in [0.2, 0.25) is 0 Å². The van der Waals surface area contributed by atoms with E-state index in [1.807, 2.05) is 0 Å². The first-order valence-corrected chi connectivity index (χ1v) is 7.35. The molecule has 0 aliphatic carbocycles. The molecule has 4 saturated heterocycles. The van der Waals surface area contributed by atoms with Crippen molar-refractivity contribution >= 4 is 0 Å². The van der Waals surface area contributed by atoms with Gasteiger partial charge in [-0.05, 0) is 51.1 Å². The predicted molar refractivity (Wildman–Crippen MR) is 70.9 cm³/mol. The highest BCUT2D eigenvalue weighted by molar-refractivity contribution is 5.08. The lowest BCUT2D eigenvalue weighted by atomic mass is 9.71. The Morgan fingerprint density at radius 2 is 1.94 bits per heavy atom. The molecule has 2 N–H and O–H groups in total. The molecule has 3 nitrogen and oxygen atoms in total. The lowest BCUT2D eigenvalue weighted by molar-refractivity contribution is -0.0713. The molecule has 0 aromatic heterocycles. The quantitative estimate of drug-likeness (QED) is 0.782. The van der Waals surface area contributed by atoms with E-state index >= 15 is 0 Å². The van der Waals surface area contributed by atoms with Crippen LogP contribution in [0.15, 0.2) is 0 Å². The first kappa shape index (κ1) is 11.9. The standard InChI is InChI=1S/C14H27N3/c1-11-7-12(2)17(8-11)14(9-15)10-16-5-3-13(14)4-6-16/h11-13H,3-10,15H2,1-2H3. The van der Waals surface area contributed by atoms with E-state index in [2.05, 4.69) is 23.6 Å². The molecular weight excluding hydrogens is 210 g/mol. The summed E-state index contributed by atoms with van der Waals surface area (Å²) in [5, 5.41) is 0. The van der Waals surface area contributed by atoms with E-state index in [1.165, 1.54) is 45.4 Å². The molecular formula is C14H27N3. The fourth-order valence-corrected chi connectivity index (χ4v) is 4.74. The highest BCUT2D eigenvalue weighted by Crippen LogP contribution is 2.43. The summed E-state index contributed by atoms with van der Waals surface area (Å²) in [6.07, 6.45) is 4.10. The molecule has 0 saturated carbocycles. The van der Waals surface area contributed by atoms with Gasteiger partial charge in [-0.2, -0.15) is 0 Å². The number of nitrogens with two attached hydrogens (primary N) is 1. The van der Waals surface area contributed by atoms with Crippen LogP contribution in [0.4, 0.5) is 0 Å². The molecule has 0 aromatic rings. The number of nitrogens with zero attached hydrogens (tertiary/aromatic N) is 2. The lowest BCUT2D eigenvalue weighted by Gasteiger charge is -2.58. The average Bonchev–Trinajstić information content (AvgIpc) is 2.70. The minimum Gasteiger partial charge on any atom is -0.329 e. The van der Waals surface area contributed by atoms with Crippen LogP contribution in [-0.4, -0.2) is 54.1 Å². The maximum absolute atomic E-state index is 6.24. The topological polar surface area (TPSA) is 32.5 Å². The predicted octanol–water partition coefficient (Wildman–Crippen LogP) is 1.14. The van der Waals surface area contributed by atoms with Crippen molar-refractivity contribution in [1.29, 1.82) is 0 Å². The Balaban J connectivity index is 1.87. The fourth-order valence-electron chi connectivity index (χ4n) is 4.74. The monoisotopic (exact) mass is 237 g/mol. The van der Waals surface area contributed by atoms with Crippen LogP contribution in [0.3, 0.4) is 0 Å². The van der Waals surface area contributed by atoms with Crippen LogP contribution in [0.5, 0.6) is 0 Å². The number of rotatable bonds is 2. The number of hydrogen-bond acceptors (Lipinski definition) is 3. The molecule has 2 bridgehead atoms. The molecule has 4 heterocycles. The van der Waals surface area contributed by atoms with E-state index in [9.17, 15) is 0 Å². The van der Waals surface area contributed by atoms with Gasteiger partial charge in [0.25, 0.3) is 0 Å². The van der Waals surface area contributed by atoms with Crippen molar-refractivity contribution in [2.75, 3.05) is 32.7 Å². The SMILES string of the molecule is CC1CC(C)N(C2(CN)CN3CCC2CC3)C1. The van der Waals surface area contributed by atoms with Gasteiger partial charge in [0.15, 0.2) is 0 Å². The Morgan fingerprint density at radius 1 is 1.24 bits per heavy atom. The molecule has 0 aromatic carbocycles. The summed E-state index contributed by atoms with van der Waals surface area (Å²) in [4.78, 5) is 5.41. The van der Waals surface area contributed by atoms with Gasteiger partial charge in [-0.25, -0.2) is 0 Å². The van der Waals surface area contributed by atoms with Crippen LogP contribution in [0.25, 0.3) is 0 Å². The minimum atomic E-state index is 0.306. The largest absolute Gasteiger partial charge is 0.329 e. The first-order valence-electron chi connectivity index (χ1n) is 7.35. The van der Waals surface area contributed by atoms with E-state index in [0.717, 1.165) is 24.4 Å². The molecule has 0 spiro atoms. The van der Waals surface area contributed by atoms with E-state index in [1.54, 1.807) is 0 Å². The van der Waals surface area contributed by atoms with Crippen molar-refractivity contribution in [3.8, 4) is 0 Å². The molecule has 4 rings (SSSR count). The molecule has 0 radical (unpaired) electrons. The summed E-state index contributed by atoms with van der Waals surface area (Å²) in [6.45, 7) is 10.8. The third-order valence-corrected chi connectivity index (χ3v) is 5.55. The van der Waals surface area contributed by atoms with Crippen LogP contribution in [-0.2, 0) is 0 Å². The third kappa shape index (κ3) is 1.74. The van der Waals surface area contributed by atoms with Crippen molar-refractivity contribution in [2.45, 2.75) is 44.7 Å². The zero-order valence-corrected chi connectivity index (χ0v) is 11.4. The summed E-state index contributed by atoms with van der Waals surface area (Å²) in [7, 11) is 0. The second-order valence-electron chi connectivity index (χ2n) is 6.70. The molecule has 98 valence electrons. The number of hydrogen-bond donors (Lipinski definition) is 1. The third-order valence-electron chi connectivity index (χ3n) is 5.55. The second-order valence-corrected chi connectivity index (χ2v) is 6.70. The van der Waals surface area contributed by atoms with Gasteiger partial charge in [0.2, 0.25) is 0 Å². The molecule has 4 aliphatic heterocycles. The van der Waals surface area contributed by atoms with Crippen LogP contribution < -0.4 is 5.73 Å². The van der Waals surface area contributed by atoms with Gasteiger partial charge in [-0.15, -0.1) is 0 Å². The average molecular weight is 237 g/mol. The van der Waals surface area contributed by atoms with Crippen molar-refractivity contribution in [1.82, 2.24) is 9.80 Å². The molecule has 0 amide bonds. The number of likely N-dealkylation sites (tertiary alicyclic amines) is 1. The van der Waals surface area contributed by atoms with Gasteiger partial charge in [0.05, 0.1) is 0 Å². The zero-order valence-electron chi connectivity index (χ0n) is 11.4. The van der Waals surface area contributed by atoms with E-state index < -0.39 is 0 Å². The summed E-state index contributed by atoms with van der Waals surface area (Å²) in [5.74, 6) is 1.70. The van der Waals surface area contributed by atoms with Gasteiger partial charge < -0.3 is 10.6 Å². The fraction of sp³-hybridized carbons (Fsp3) is 1.00. The van der Waals surface area contributed by atoms with E-state index in [-0.39, 0.29) is 0 Å². The Morgan fingerprint density at radius 3 is 2.35 bits per heavy atom. The normalized spacial score (nSPS) is 51.0. The summed E-state index contributed by atoms with van der Waals surface area (Å²) >= 11 is 0. The maximum Gasteiger partial charge on any atom is 0.0490 e. The van der Waals surface area contributed by atoms with E-state index in [0.29, 0.717) is 5.54 Å². The maximum atomic E-state index is 6.24. The van der Waals surface area contributed by atoms with Gasteiger partial charge in [0, 0.05) is 31.2 Å². The molecule has 4 aliphatic rings. The Labute approximate surface area is 105 Å². The molecule has 4 fully saturated rings. The molecule has 17 heavy (non-hydrogen) atoms. The lowest BCUT2D eigenvalue weighted by Crippen LogP contribution is -2.70. The number of piperidine rings is 3. The van der Waals surface area contributed by atoms with Gasteiger partial charge in [0.1, 0.15) is 0 Å². The Hall–Kier alpha value is -0.120. The van der Waals surface area contributed by atoms with Crippen molar-refractivity contribution in [2.24, 2.45) is 17.6 Å². The summed E-state index contributed by atoms with van der Waals surface area (Å²) in [5.41, 5.74) is 6.55. The first-order chi connectivity index (χ1) is 8.15. The van der Waals surface area contributed by atoms with Crippen molar-refractivity contribution < 1.29 is 0 Å². The highest BCUT2D eigenvalue weighted by atomic mass is 15.3. The van der Waals surface area contributed by atoms with Crippen molar-refractivity contribution in [3.63, 3.8) is 0 Å². The van der Waals surface area contributed by atoms with Gasteiger partial charge in [-0.3, -0.25) is 4.90 Å². The minimum absolute atomic E-state index is 0.306. The summed E-state index contributed by atoms with van der Waals surface area (Å²) < 4.78 is 0. The van der Waals surface area contributed by atoms with Crippen LogP contribution in [0.1, 0.15) is 33.1 Å². The Bertz CT molecular complexity index is 285. The molecule has 3 atom stereocenters. The van der Waals surface area contributed by atoms with Crippen LogP contribution in [0, 0.1) is 11.8 Å². The van der Waals surface area contributed by atoms with E-state index in [4.69, 9.17) is 5.73 Å². The smallest absolute Gasteiger partial charge is 0.0490 e. The van der Waals surface area contributed by atoms with Gasteiger partial charge in [-0.1, -0.05) is 6.92 Å². The van der Waals surface area contributed by atoms with Crippen LogP contribution >= 0.6 is 0 Å². The Kier molecular flexibility index (Phi) is 2.96. The van der Waals surface area contributed by atoms with Gasteiger partial charge >= 0.3 is 0 Å². The number of fused-ring (bicyclic) bond motifs is 3. The molecule has 3 unspecified atom stereocenters. The zero-order chi connectivity index (χ0) is 12.0. The van der Waals surface area contributed by atoms with Crippen molar-refractivity contribution in [3.05, 3.63) is 0 Å². The second kappa shape index (κ2) is 4.22. The molecule has 3 heteroatoms.